The molecule has 5 nitrogen and oxygen atoms in total. The first-order valence-electron chi connectivity index (χ1n) is 5.20. The largest absolute Gasteiger partial charge is 0.411 e. The average Bonchev–Trinajstić information content (AvgIpc) is 2.92. The van der Waals surface area contributed by atoms with Crippen molar-refractivity contribution < 1.29 is 36.4 Å². The van der Waals surface area contributed by atoms with Crippen LogP contribution < -0.4 is 4.74 Å². The summed E-state index contributed by atoms with van der Waals surface area (Å²) in [5.74, 6) is -13.6. The third-order valence-electron chi connectivity index (χ3n) is 2.38. The van der Waals surface area contributed by atoms with Crippen molar-refractivity contribution in [2.45, 2.75) is 0 Å². The van der Waals surface area contributed by atoms with Crippen molar-refractivity contribution >= 4 is 23.0 Å². The summed E-state index contributed by atoms with van der Waals surface area (Å²) in [5, 5.41) is 10.9. The maximum absolute atomic E-state index is 13.4. The molecule has 0 fully saturated rings. The Hall–Kier alpha value is -2.56. The van der Waals surface area contributed by atoms with Gasteiger partial charge in [0, 0.05) is 0 Å². The second-order valence-electron chi connectivity index (χ2n) is 3.72. The van der Waals surface area contributed by atoms with Crippen LogP contribution in [0.2, 0.25) is 0 Å². The van der Waals surface area contributed by atoms with Gasteiger partial charge in [0.25, 0.3) is 5.69 Å². The van der Waals surface area contributed by atoms with E-state index in [9.17, 15) is 36.9 Å². The predicted octanol–water partition coefficient (Wildman–Crippen LogP) is 3.57. The van der Waals surface area contributed by atoms with Gasteiger partial charge >= 0.3 is 5.97 Å². The highest BCUT2D eigenvalue weighted by Gasteiger charge is 2.31. The number of ether oxygens (including phenoxy) is 1. The zero-order valence-corrected chi connectivity index (χ0v) is 10.8. The highest BCUT2D eigenvalue weighted by atomic mass is 32.1. The molecule has 0 radical (unpaired) electrons. The SMILES string of the molecule is O=C(Oc1cc([N+](=O)[O-])cs1)c1c(F)c(F)c(F)c(F)c1F. The number of halogens is 5. The number of carbonyl (C=O) groups excluding carboxylic acids is 1. The van der Waals surface area contributed by atoms with E-state index in [0.29, 0.717) is 11.3 Å². The Morgan fingerprint density at radius 3 is 2.00 bits per heavy atom. The summed E-state index contributed by atoms with van der Waals surface area (Å²) in [5.41, 5.74) is -2.25. The molecular weight excluding hydrogens is 337 g/mol. The molecule has 1 heterocycles. The van der Waals surface area contributed by atoms with E-state index in [1.54, 1.807) is 0 Å². The van der Waals surface area contributed by atoms with Gasteiger partial charge in [0.2, 0.25) is 5.82 Å². The average molecular weight is 339 g/mol. The van der Waals surface area contributed by atoms with E-state index < -0.39 is 56.3 Å². The van der Waals surface area contributed by atoms with E-state index in [1.165, 1.54) is 0 Å². The van der Waals surface area contributed by atoms with Gasteiger partial charge < -0.3 is 4.74 Å². The van der Waals surface area contributed by atoms with E-state index >= 15 is 0 Å². The number of thiophene rings is 1. The molecule has 0 saturated heterocycles. The molecule has 1 aromatic carbocycles. The molecule has 0 spiro atoms. The number of nitro groups is 1. The molecular formula is C11H2F5NO4S. The van der Waals surface area contributed by atoms with Crippen molar-refractivity contribution in [1.82, 2.24) is 0 Å². The van der Waals surface area contributed by atoms with Crippen LogP contribution in [0, 0.1) is 39.2 Å². The van der Waals surface area contributed by atoms with Crippen LogP contribution in [0.25, 0.3) is 0 Å². The van der Waals surface area contributed by atoms with Gasteiger partial charge in [-0.1, -0.05) is 11.3 Å². The van der Waals surface area contributed by atoms with Gasteiger partial charge in [-0.15, -0.1) is 0 Å². The van der Waals surface area contributed by atoms with Crippen LogP contribution in [-0.2, 0) is 0 Å². The minimum Gasteiger partial charge on any atom is -0.411 e. The fourth-order valence-electron chi connectivity index (χ4n) is 1.38. The lowest BCUT2D eigenvalue weighted by Crippen LogP contribution is -2.17. The van der Waals surface area contributed by atoms with E-state index in [4.69, 9.17) is 0 Å². The lowest BCUT2D eigenvalue weighted by atomic mass is 10.1. The number of esters is 1. The molecule has 1 aromatic heterocycles. The molecule has 0 aliphatic carbocycles. The third-order valence-corrected chi connectivity index (χ3v) is 3.17. The fourth-order valence-corrected chi connectivity index (χ4v) is 2.09. The monoisotopic (exact) mass is 339 g/mol. The number of nitrogens with zero attached hydrogens (tertiary/aromatic N) is 1. The number of benzene rings is 1. The van der Waals surface area contributed by atoms with E-state index in [1.807, 2.05) is 0 Å². The summed E-state index contributed by atoms with van der Waals surface area (Å²) in [7, 11) is 0. The van der Waals surface area contributed by atoms with Gasteiger partial charge in [-0.25, -0.2) is 26.7 Å². The van der Waals surface area contributed by atoms with Crippen molar-refractivity contribution in [2.24, 2.45) is 0 Å². The summed E-state index contributed by atoms with van der Waals surface area (Å²) < 4.78 is 69.8. The van der Waals surface area contributed by atoms with Crippen molar-refractivity contribution in [2.75, 3.05) is 0 Å². The maximum atomic E-state index is 13.4. The molecule has 0 atom stereocenters. The summed E-state index contributed by atoms with van der Waals surface area (Å²) >= 11 is 0.533. The third kappa shape index (κ3) is 2.62. The minimum absolute atomic E-state index is 0.444. The number of hydrogen-bond acceptors (Lipinski definition) is 5. The van der Waals surface area contributed by atoms with Crippen LogP contribution in [0.4, 0.5) is 27.6 Å². The molecule has 0 aliphatic heterocycles. The van der Waals surface area contributed by atoms with Gasteiger partial charge in [-0.2, -0.15) is 0 Å². The Morgan fingerprint density at radius 1 is 1.05 bits per heavy atom. The highest BCUT2D eigenvalue weighted by molar-refractivity contribution is 7.12. The topological polar surface area (TPSA) is 69.4 Å². The molecule has 0 saturated carbocycles. The Morgan fingerprint density at radius 2 is 1.55 bits per heavy atom. The molecule has 22 heavy (non-hydrogen) atoms. The molecule has 0 unspecified atom stereocenters. The first-order chi connectivity index (χ1) is 10.2. The summed E-state index contributed by atoms with van der Waals surface area (Å²) in [6, 6.07) is 0.759. The van der Waals surface area contributed by atoms with E-state index in [-0.39, 0.29) is 0 Å². The molecule has 2 aromatic rings. The van der Waals surface area contributed by atoms with Crippen molar-refractivity contribution in [3.8, 4) is 5.06 Å². The summed E-state index contributed by atoms with van der Waals surface area (Å²) in [6.07, 6.45) is 0. The number of carbonyl (C=O) groups is 1. The highest BCUT2D eigenvalue weighted by Crippen LogP contribution is 2.30. The Labute approximate surface area is 121 Å². The first-order valence-corrected chi connectivity index (χ1v) is 6.08. The standard InChI is InChI=1S/C11H2F5NO4S/c12-6-5(7(13)9(15)10(16)8(6)14)11(18)21-4-1-3(2-22-4)17(19)20/h1-2H. The smallest absolute Gasteiger partial charge is 0.350 e. The van der Waals surface area contributed by atoms with Gasteiger partial charge in [0.15, 0.2) is 28.3 Å². The zero-order valence-electron chi connectivity index (χ0n) is 10.0. The van der Waals surface area contributed by atoms with E-state index in [0.717, 1.165) is 11.4 Å². The fraction of sp³-hybridized carbons (Fsp3) is 0. The molecule has 0 amide bonds. The zero-order chi connectivity index (χ0) is 16.6. The van der Waals surface area contributed by atoms with Crippen LogP contribution in [0.1, 0.15) is 10.4 Å². The van der Waals surface area contributed by atoms with Crippen molar-refractivity contribution in [3.05, 3.63) is 56.2 Å². The Bertz CT molecular complexity index is 762. The van der Waals surface area contributed by atoms with E-state index in [2.05, 4.69) is 4.74 Å². The van der Waals surface area contributed by atoms with Crippen molar-refractivity contribution in [3.63, 3.8) is 0 Å². The minimum atomic E-state index is -2.42. The van der Waals surface area contributed by atoms with Gasteiger partial charge in [0.05, 0.1) is 16.4 Å². The first kappa shape index (κ1) is 15.8. The molecule has 0 N–H and O–H groups in total. The molecule has 0 aliphatic rings. The van der Waals surface area contributed by atoms with Crippen LogP contribution in [0.15, 0.2) is 11.4 Å². The van der Waals surface area contributed by atoms with Crippen LogP contribution in [-0.4, -0.2) is 10.9 Å². The Kier molecular flexibility index (Phi) is 4.08. The quantitative estimate of drug-likeness (QED) is 0.214. The van der Waals surface area contributed by atoms with Crippen LogP contribution in [0.3, 0.4) is 0 Å². The molecule has 11 heteroatoms. The second-order valence-corrected chi connectivity index (χ2v) is 4.59. The van der Waals surface area contributed by atoms with Crippen LogP contribution >= 0.6 is 11.3 Å². The lowest BCUT2D eigenvalue weighted by Gasteiger charge is -2.06. The number of rotatable bonds is 3. The normalized spacial score (nSPS) is 10.6. The van der Waals surface area contributed by atoms with Crippen molar-refractivity contribution in [1.29, 1.82) is 0 Å². The molecule has 0 bridgehead atoms. The summed E-state index contributed by atoms with van der Waals surface area (Å²) in [4.78, 5) is 21.1. The second kappa shape index (κ2) is 5.67. The van der Waals surface area contributed by atoms with Gasteiger partial charge in [-0.05, 0) is 0 Å². The maximum Gasteiger partial charge on any atom is 0.350 e. The molecule has 2 rings (SSSR count). The van der Waals surface area contributed by atoms with Gasteiger partial charge in [0.1, 0.15) is 5.56 Å². The lowest BCUT2D eigenvalue weighted by molar-refractivity contribution is -0.384. The Balaban J connectivity index is 2.39. The number of hydrogen-bond donors (Lipinski definition) is 0. The van der Waals surface area contributed by atoms with Crippen LogP contribution in [0.5, 0.6) is 5.06 Å². The predicted molar refractivity (Wildman–Crippen MR) is 62.2 cm³/mol. The summed E-state index contributed by atoms with van der Waals surface area (Å²) in [6.45, 7) is 0. The molecule has 116 valence electrons. The van der Waals surface area contributed by atoms with Gasteiger partial charge in [-0.3, -0.25) is 10.1 Å².